The Bertz CT molecular complexity index is 1270. The van der Waals surface area contributed by atoms with Gasteiger partial charge in [-0.3, -0.25) is 0 Å². The van der Waals surface area contributed by atoms with E-state index < -0.39 is 6.09 Å². The van der Waals surface area contributed by atoms with Crippen LogP contribution in [0.5, 0.6) is 11.5 Å². The van der Waals surface area contributed by atoms with E-state index in [0.29, 0.717) is 47.6 Å². The third-order valence-electron chi connectivity index (χ3n) is 7.89. The van der Waals surface area contributed by atoms with Crippen LogP contribution in [0.4, 0.5) is 10.5 Å². The lowest BCUT2D eigenvalue weighted by atomic mass is 9.90. The maximum Gasteiger partial charge on any atom is 0.407 e. The van der Waals surface area contributed by atoms with Crippen LogP contribution >= 0.6 is 11.6 Å². The highest BCUT2D eigenvalue weighted by molar-refractivity contribution is 6.32. The van der Waals surface area contributed by atoms with E-state index in [0.717, 1.165) is 67.7 Å². The van der Waals surface area contributed by atoms with Gasteiger partial charge in [-0.2, -0.15) is 0 Å². The molecule has 3 aromatic rings. The van der Waals surface area contributed by atoms with Crippen molar-refractivity contribution in [2.75, 3.05) is 39.2 Å². The van der Waals surface area contributed by atoms with Crippen molar-refractivity contribution in [3.8, 4) is 22.8 Å². The quantitative estimate of drug-likeness (QED) is 0.352. The Morgan fingerprint density at radius 1 is 1.05 bits per heavy atom. The zero-order valence-corrected chi connectivity index (χ0v) is 22.7. The summed E-state index contributed by atoms with van der Waals surface area (Å²) in [7, 11) is 3.21. The molecule has 0 radical (unpaired) electrons. The highest BCUT2D eigenvalue weighted by atomic mass is 35.5. The first-order valence-electron chi connectivity index (χ1n) is 13.3. The van der Waals surface area contributed by atoms with Crippen molar-refractivity contribution in [3.05, 3.63) is 41.7 Å². The third-order valence-corrected chi connectivity index (χ3v) is 8.18. The van der Waals surface area contributed by atoms with Crippen LogP contribution in [0.25, 0.3) is 16.9 Å². The van der Waals surface area contributed by atoms with E-state index in [1.54, 1.807) is 20.3 Å². The average molecular weight is 542 g/mol. The minimum Gasteiger partial charge on any atom is -0.496 e. The Morgan fingerprint density at radius 3 is 2.45 bits per heavy atom. The molecule has 1 aliphatic heterocycles. The number of amides is 1. The molecule has 0 spiro atoms. The average Bonchev–Trinajstić information content (AvgIpc) is 3.36. The van der Waals surface area contributed by atoms with Gasteiger partial charge >= 0.3 is 6.09 Å². The maximum absolute atomic E-state index is 11.1. The molecule has 1 amide bonds. The number of piperidine rings is 1. The first-order valence-corrected chi connectivity index (χ1v) is 13.7. The van der Waals surface area contributed by atoms with Gasteiger partial charge in [0.25, 0.3) is 0 Å². The zero-order valence-electron chi connectivity index (χ0n) is 22.0. The second-order valence-electron chi connectivity index (χ2n) is 10.3. The number of hydrogen-bond donors (Lipinski definition) is 3. The molecule has 3 N–H and O–H groups in total. The summed E-state index contributed by atoms with van der Waals surface area (Å²) in [4.78, 5) is 17.5. The number of carboxylic acid groups (broad SMARTS) is 1. The summed E-state index contributed by atoms with van der Waals surface area (Å²) in [6, 6.07) is 8.74. The number of imidazole rings is 1. The van der Waals surface area contributed by atoms with Crippen molar-refractivity contribution in [1.82, 2.24) is 19.6 Å². The molecule has 0 unspecified atom stereocenters. The number of ether oxygens (including phenoxy) is 2. The SMILES string of the molecule is COc1cc(OC)c(-c2cn3ccc(NC4CCC(NCC5CCN(C(=O)O)CC5)CC4)cc3n2)cc1Cl. The van der Waals surface area contributed by atoms with Gasteiger partial charge in [-0.15, -0.1) is 0 Å². The van der Waals surface area contributed by atoms with Gasteiger partial charge in [0.15, 0.2) is 0 Å². The highest BCUT2D eigenvalue weighted by Crippen LogP contribution is 2.38. The first-order chi connectivity index (χ1) is 18.4. The van der Waals surface area contributed by atoms with Gasteiger partial charge in [-0.25, -0.2) is 9.78 Å². The van der Waals surface area contributed by atoms with Crippen LogP contribution in [0.2, 0.25) is 5.02 Å². The minimum atomic E-state index is -0.794. The Balaban J connectivity index is 1.15. The number of methoxy groups -OCH3 is 2. The molecule has 1 saturated heterocycles. The predicted molar refractivity (Wildman–Crippen MR) is 149 cm³/mol. The van der Waals surface area contributed by atoms with Gasteiger partial charge < -0.3 is 34.5 Å². The van der Waals surface area contributed by atoms with E-state index in [1.165, 1.54) is 4.90 Å². The summed E-state index contributed by atoms with van der Waals surface area (Å²) < 4.78 is 12.9. The fraction of sp³-hybridized carbons (Fsp3) is 0.500. The Labute approximate surface area is 228 Å². The van der Waals surface area contributed by atoms with Gasteiger partial charge in [0.1, 0.15) is 17.1 Å². The highest BCUT2D eigenvalue weighted by Gasteiger charge is 2.25. The smallest absolute Gasteiger partial charge is 0.407 e. The monoisotopic (exact) mass is 541 g/mol. The first kappa shape index (κ1) is 26.4. The van der Waals surface area contributed by atoms with Crippen molar-refractivity contribution in [1.29, 1.82) is 0 Å². The Hall–Kier alpha value is -3.17. The van der Waals surface area contributed by atoms with Crippen molar-refractivity contribution in [3.63, 3.8) is 0 Å². The van der Waals surface area contributed by atoms with E-state index in [9.17, 15) is 4.79 Å². The van der Waals surface area contributed by atoms with Crippen LogP contribution < -0.4 is 20.1 Å². The van der Waals surface area contributed by atoms with Crippen LogP contribution in [0.15, 0.2) is 36.7 Å². The molecular weight excluding hydrogens is 506 g/mol. The van der Waals surface area contributed by atoms with Crippen LogP contribution in [0, 0.1) is 5.92 Å². The molecule has 1 aromatic carbocycles. The number of rotatable bonds is 8. The summed E-state index contributed by atoms with van der Waals surface area (Å²) in [6.45, 7) is 2.30. The number of aromatic nitrogens is 2. The van der Waals surface area contributed by atoms with E-state index in [4.69, 9.17) is 31.2 Å². The molecular formula is C28H36ClN5O4. The molecule has 38 heavy (non-hydrogen) atoms. The molecule has 10 heteroatoms. The normalized spacial score (nSPS) is 20.4. The van der Waals surface area contributed by atoms with Crippen molar-refractivity contribution < 1.29 is 19.4 Å². The zero-order chi connectivity index (χ0) is 26.6. The van der Waals surface area contributed by atoms with Gasteiger partial charge in [0, 0.05) is 61.0 Å². The number of halogens is 1. The maximum atomic E-state index is 11.1. The van der Waals surface area contributed by atoms with Crippen molar-refractivity contribution in [2.45, 2.75) is 50.6 Å². The van der Waals surface area contributed by atoms with Crippen LogP contribution in [-0.4, -0.2) is 71.4 Å². The minimum absolute atomic E-state index is 0.434. The topological polar surface area (TPSA) is 100 Å². The Kier molecular flexibility index (Phi) is 8.14. The largest absolute Gasteiger partial charge is 0.496 e. The summed E-state index contributed by atoms with van der Waals surface area (Å²) in [5.41, 5.74) is 3.51. The van der Waals surface area contributed by atoms with E-state index >= 15 is 0 Å². The lowest BCUT2D eigenvalue weighted by Crippen LogP contribution is -2.43. The molecule has 9 nitrogen and oxygen atoms in total. The lowest BCUT2D eigenvalue weighted by Gasteiger charge is -2.33. The van der Waals surface area contributed by atoms with E-state index in [1.807, 2.05) is 22.9 Å². The molecule has 0 bridgehead atoms. The second kappa shape index (κ2) is 11.7. The molecule has 1 saturated carbocycles. The number of carbonyl (C=O) groups is 1. The number of pyridine rings is 1. The molecule has 1 aliphatic carbocycles. The van der Waals surface area contributed by atoms with Gasteiger partial charge in [-0.05, 0) is 63.1 Å². The lowest BCUT2D eigenvalue weighted by molar-refractivity contribution is 0.123. The Morgan fingerprint density at radius 2 is 1.76 bits per heavy atom. The predicted octanol–water partition coefficient (Wildman–Crippen LogP) is 5.37. The van der Waals surface area contributed by atoms with Gasteiger partial charge in [0.2, 0.25) is 0 Å². The number of anilines is 1. The number of likely N-dealkylation sites (tertiary alicyclic amines) is 1. The molecule has 3 heterocycles. The van der Waals surface area contributed by atoms with Crippen molar-refractivity contribution in [2.24, 2.45) is 5.92 Å². The number of nitrogens with zero attached hydrogens (tertiary/aromatic N) is 3. The third kappa shape index (κ3) is 5.94. The standard InChI is InChI=1S/C28H36ClN5O4/c1-37-25-15-26(38-2)23(29)14-22(25)24-17-34-12-9-21(13-27(34)32-24)31-20-5-3-19(4-6-20)30-16-18-7-10-33(11-8-18)28(35)36/h9,12-15,17-20,30-31H,3-8,10-11,16H2,1-2H3,(H,35,36). The van der Waals surface area contributed by atoms with Crippen LogP contribution in [0.3, 0.4) is 0 Å². The summed E-state index contributed by atoms with van der Waals surface area (Å²) in [5.74, 6) is 1.79. The number of hydrogen-bond acceptors (Lipinski definition) is 6. The molecule has 2 aromatic heterocycles. The second-order valence-corrected chi connectivity index (χ2v) is 10.7. The van der Waals surface area contributed by atoms with Gasteiger partial charge in [0.05, 0.1) is 24.9 Å². The molecule has 2 fully saturated rings. The number of fused-ring (bicyclic) bond motifs is 1. The van der Waals surface area contributed by atoms with Crippen LogP contribution in [-0.2, 0) is 0 Å². The number of nitrogens with one attached hydrogen (secondary N) is 2. The molecule has 2 aliphatic rings. The molecule has 0 atom stereocenters. The van der Waals surface area contributed by atoms with Crippen molar-refractivity contribution >= 4 is 29.0 Å². The summed E-state index contributed by atoms with van der Waals surface area (Å²) in [6.07, 6.45) is 9.61. The fourth-order valence-corrected chi connectivity index (χ4v) is 5.84. The van der Waals surface area contributed by atoms with E-state index in [-0.39, 0.29) is 0 Å². The van der Waals surface area contributed by atoms with Crippen LogP contribution in [0.1, 0.15) is 38.5 Å². The molecule has 5 rings (SSSR count). The van der Waals surface area contributed by atoms with E-state index in [2.05, 4.69) is 22.8 Å². The number of benzene rings is 1. The summed E-state index contributed by atoms with van der Waals surface area (Å²) >= 11 is 6.37. The van der Waals surface area contributed by atoms with Gasteiger partial charge in [-0.1, -0.05) is 11.6 Å². The summed E-state index contributed by atoms with van der Waals surface area (Å²) in [5, 5.41) is 17.1. The molecule has 204 valence electrons. The fourth-order valence-electron chi connectivity index (χ4n) is 5.60.